The van der Waals surface area contributed by atoms with Crippen molar-refractivity contribution in [3.63, 3.8) is 0 Å². The zero-order valence-corrected chi connectivity index (χ0v) is 18.1. The molecule has 0 unspecified atom stereocenters. The van der Waals surface area contributed by atoms with Gasteiger partial charge in [0.1, 0.15) is 26.2 Å². The lowest BCUT2D eigenvalue weighted by atomic mass is 10.2. The van der Waals surface area contributed by atoms with Crippen LogP contribution >= 0.6 is 0 Å². The van der Waals surface area contributed by atoms with Crippen LogP contribution in [-0.2, 0) is 29.8 Å². The van der Waals surface area contributed by atoms with Gasteiger partial charge in [-0.15, -0.1) is 0 Å². The average Bonchev–Trinajstić information content (AvgIpc) is 2.53. The van der Waals surface area contributed by atoms with Crippen LogP contribution in [0.2, 0.25) is 0 Å². The number of carbonyl (C=O) groups is 1. The summed E-state index contributed by atoms with van der Waals surface area (Å²) in [5, 5.41) is 0. The Morgan fingerprint density at radius 2 is 1.43 bits per heavy atom. The molecule has 1 fully saturated rings. The fraction of sp³-hybridized carbons (Fsp3) is 0.812. The van der Waals surface area contributed by atoms with Gasteiger partial charge in [-0.25, -0.2) is 21.6 Å². The second-order valence-electron chi connectivity index (χ2n) is 7.87. The topological polar surface area (TPSA) is 141 Å². The number of rotatable bonds is 11. The third kappa shape index (κ3) is 9.43. The van der Waals surface area contributed by atoms with E-state index in [4.69, 9.17) is 4.74 Å². The van der Waals surface area contributed by atoms with Crippen LogP contribution in [0.3, 0.4) is 0 Å². The lowest BCUT2D eigenvalue weighted by molar-refractivity contribution is -1.03. The van der Waals surface area contributed by atoms with E-state index in [9.17, 15) is 30.7 Å². The van der Waals surface area contributed by atoms with Crippen molar-refractivity contribution in [3.05, 3.63) is 12.2 Å². The Morgan fingerprint density at radius 3 is 1.86 bits per heavy atom. The predicted molar refractivity (Wildman–Crippen MR) is 99.8 cm³/mol. The molecule has 0 N–H and O–H groups in total. The number of likely N-dealkylation sites (N-methyl/N-ethyl adjacent to an activating group) is 1. The Hall–Kier alpha value is -1.05. The molecule has 1 saturated heterocycles. The van der Waals surface area contributed by atoms with Crippen molar-refractivity contribution in [2.45, 2.75) is 19.8 Å². The van der Waals surface area contributed by atoms with Crippen molar-refractivity contribution in [1.29, 1.82) is 0 Å². The van der Waals surface area contributed by atoms with Gasteiger partial charge in [0.15, 0.2) is 0 Å². The van der Waals surface area contributed by atoms with E-state index >= 15 is 0 Å². The van der Waals surface area contributed by atoms with E-state index < -0.39 is 37.7 Å². The first kappa shape index (κ1) is 25.0. The van der Waals surface area contributed by atoms with Crippen LogP contribution in [0.25, 0.3) is 0 Å². The third-order valence-corrected chi connectivity index (χ3v) is 6.74. The summed E-state index contributed by atoms with van der Waals surface area (Å²) in [4.78, 5) is 11.8. The molecular formula is C16H30N2O8S2. The number of ether oxygens (including phenoxy) is 1. The van der Waals surface area contributed by atoms with Gasteiger partial charge in [0.05, 0.1) is 40.4 Å². The molecule has 1 heterocycles. The second-order valence-corrected chi connectivity index (χ2v) is 10.9. The molecule has 0 saturated carbocycles. The first-order chi connectivity index (χ1) is 12.7. The van der Waals surface area contributed by atoms with Gasteiger partial charge in [-0.2, -0.15) is 0 Å². The quantitative estimate of drug-likeness (QED) is 0.175. The normalized spacial score (nSPS) is 26.0. The summed E-state index contributed by atoms with van der Waals surface area (Å²) in [6.07, 6.45) is 0.427. The molecule has 28 heavy (non-hydrogen) atoms. The largest absolute Gasteiger partial charge is 0.748 e. The maximum Gasteiger partial charge on any atom is 0.337 e. The van der Waals surface area contributed by atoms with Crippen molar-refractivity contribution in [3.8, 4) is 0 Å². The second kappa shape index (κ2) is 9.63. The average molecular weight is 443 g/mol. The van der Waals surface area contributed by atoms with Crippen LogP contribution in [0.5, 0.6) is 0 Å². The van der Waals surface area contributed by atoms with E-state index in [1.807, 2.05) is 7.05 Å². The van der Waals surface area contributed by atoms with Crippen molar-refractivity contribution in [2.24, 2.45) is 0 Å². The SMILES string of the molecule is C=C(C)C(=O)OC[N+]1(CCCS(=O)(=O)[O-])CC[N+](C)(CCCS(=O)(=O)[O-])CC1. The van der Waals surface area contributed by atoms with Gasteiger partial charge in [0, 0.05) is 29.9 Å². The minimum atomic E-state index is -4.32. The Balaban J connectivity index is 2.73. The van der Waals surface area contributed by atoms with Crippen molar-refractivity contribution >= 4 is 26.2 Å². The van der Waals surface area contributed by atoms with E-state index in [2.05, 4.69) is 6.58 Å². The zero-order chi connectivity index (χ0) is 21.6. The highest BCUT2D eigenvalue weighted by Gasteiger charge is 2.40. The summed E-state index contributed by atoms with van der Waals surface area (Å²) >= 11 is 0. The number of esters is 1. The van der Waals surface area contributed by atoms with Crippen molar-refractivity contribution in [1.82, 2.24) is 0 Å². The molecule has 0 amide bonds. The van der Waals surface area contributed by atoms with E-state index in [-0.39, 0.29) is 25.1 Å². The maximum absolute atomic E-state index is 11.8. The molecule has 0 radical (unpaired) electrons. The third-order valence-electron chi connectivity index (χ3n) is 5.17. The van der Waals surface area contributed by atoms with Crippen LogP contribution in [0.1, 0.15) is 19.8 Å². The molecular weight excluding hydrogens is 412 g/mol. The Labute approximate surface area is 167 Å². The summed E-state index contributed by atoms with van der Waals surface area (Å²) in [6, 6.07) is 0. The smallest absolute Gasteiger partial charge is 0.337 e. The van der Waals surface area contributed by atoms with Crippen LogP contribution < -0.4 is 0 Å². The Morgan fingerprint density at radius 1 is 0.964 bits per heavy atom. The Kier molecular flexibility index (Phi) is 8.60. The molecule has 10 nitrogen and oxygen atoms in total. The van der Waals surface area contributed by atoms with E-state index in [1.165, 1.54) is 6.92 Å². The van der Waals surface area contributed by atoms with Crippen LogP contribution in [0, 0.1) is 0 Å². The summed E-state index contributed by atoms with van der Waals surface area (Å²) in [6.45, 7) is 8.46. The van der Waals surface area contributed by atoms with E-state index in [0.29, 0.717) is 48.2 Å². The fourth-order valence-corrected chi connectivity index (χ4v) is 4.26. The molecule has 0 aliphatic carbocycles. The molecule has 0 bridgehead atoms. The monoisotopic (exact) mass is 442 g/mol. The first-order valence-electron chi connectivity index (χ1n) is 9.04. The summed E-state index contributed by atoms with van der Waals surface area (Å²) in [5.41, 5.74) is 0.261. The minimum Gasteiger partial charge on any atom is -0.748 e. The number of hydrogen-bond acceptors (Lipinski definition) is 8. The highest BCUT2D eigenvalue weighted by atomic mass is 32.2. The molecule has 0 spiro atoms. The number of quaternary nitrogens is 2. The lowest BCUT2D eigenvalue weighted by Gasteiger charge is -2.47. The van der Waals surface area contributed by atoms with Gasteiger partial charge in [-0.3, -0.25) is 4.48 Å². The van der Waals surface area contributed by atoms with Crippen molar-refractivity contribution in [2.75, 3.05) is 64.6 Å². The predicted octanol–water partition coefficient (Wildman–Crippen LogP) is -0.789. The lowest BCUT2D eigenvalue weighted by Crippen LogP contribution is -2.66. The number of carbonyl (C=O) groups excluding carboxylic acids is 1. The van der Waals surface area contributed by atoms with E-state index in [1.54, 1.807) is 0 Å². The molecule has 164 valence electrons. The molecule has 1 aliphatic rings. The minimum absolute atomic E-state index is 0.0551. The molecule has 0 aromatic rings. The van der Waals surface area contributed by atoms with Gasteiger partial charge < -0.3 is 18.3 Å². The molecule has 0 aromatic carbocycles. The molecule has 12 heteroatoms. The summed E-state index contributed by atoms with van der Waals surface area (Å²) in [5.74, 6) is -1.41. The fourth-order valence-electron chi connectivity index (χ4n) is 3.29. The van der Waals surface area contributed by atoms with Crippen molar-refractivity contribution < 1.29 is 44.4 Å². The Bertz CT molecular complexity index is 768. The molecule has 1 rings (SSSR count). The standard InChI is InChI=1S/C16H30N2O8S2/c1-15(2)16(19)26-14-18(7-5-13-28(23,24)25)10-8-17(3,9-11-18)6-4-12-27(20,21)22/h1,4-14H2,2-3H3. The summed E-state index contributed by atoms with van der Waals surface area (Å²) in [7, 11) is -6.59. The van der Waals surface area contributed by atoms with Gasteiger partial charge in [-0.05, 0) is 6.92 Å². The maximum atomic E-state index is 11.8. The molecule has 1 aliphatic heterocycles. The number of nitrogens with zero attached hydrogens (tertiary/aromatic N) is 2. The van der Waals surface area contributed by atoms with Crippen LogP contribution in [-0.4, -0.2) is 105 Å². The van der Waals surface area contributed by atoms with E-state index in [0.717, 1.165) is 0 Å². The highest BCUT2D eigenvalue weighted by molar-refractivity contribution is 7.85. The van der Waals surface area contributed by atoms with Crippen LogP contribution in [0.4, 0.5) is 0 Å². The number of hydrogen-bond donors (Lipinski definition) is 0. The van der Waals surface area contributed by atoms with Gasteiger partial charge >= 0.3 is 5.97 Å². The zero-order valence-electron chi connectivity index (χ0n) is 16.5. The van der Waals surface area contributed by atoms with Gasteiger partial charge in [-0.1, -0.05) is 6.58 Å². The number of piperazine rings is 1. The van der Waals surface area contributed by atoms with Gasteiger partial charge in [0.25, 0.3) is 0 Å². The highest BCUT2D eigenvalue weighted by Crippen LogP contribution is 2.20. The summed E-state index contributed by atoms with van der Waals surface area (Å²) < 4.78 is 71.3. The van der Waals surface area contributed by atoms with Crippen LogP contribution in [0.15, 0.2) is 12.2 Å². The molecule has 0 aromatic heterocycles. The van der Waals surface area contributed by atoms with Gasteiger partial charge in [0.2, 0.25) is 6.73 Å². The molecule has 0 atom stereocenters. The first-order valence-corrected chi connectivity index (χ1v) is 12.2.